The Labute approximate surface area is 130 Å². The molecule has 0 aliphatic rings. The van der Waals surface area contributed by atoms with Gasteiger partial charge in [-0.2, -0.15) is 0 Å². The van der Waals surface area contributed by atoms with E-state index < -0.39 is 0 Å². The molecule has 2 N–H and O–H groups in total. The highest BCUT2D eigenvalue weighted by atomic mass is 35.5. The molecule has 0 atom stereocenters. The van der Waals surface area contributed by atoms with Crippen LogP contribution in [0.15, 0.2) is 29.6 Å². The first-order chi connectivity index (χ1) is 9.61. The number of thiophene rings is 1. The molecule has 1 amide bonds. The number of aliphatic hydroxyl groups excluding tert-OH is 1. The van der Waals surface area contributed by atoms with Gasteiger partial charge in [-0.3, -0.25) is 4.79 Å². The maximum absolute atomic E-state index is 12.1. The van der Waals surface area contributed by atoms with E-state index in [-0.39, 0.29) is 12.5 Å². The van der Waals surface area contributed by atoms with Crippen molar-refractivity contribution in [3.05, 3.63) is 50.1 Å². The predicted molar refractivity (Wildman–Crippen MR) is 82.7 cm³/mol. The zero-order chi connectivity index (χ0) is 14.5. The summed E-state index contributed by atoms with van der Waals surface area (Å²) in [7, 11) is 0. The van der Waals surface area contributed by atoms with Crippen LogP contribution in [0.4, 0.5) is 5.69 Å². The van der Waals surface area contributed by atoms with Crippen LogP contribution in [-0.2, 0) is 0 Å². The average molecular weight is 326 g/mol. The van der Waals surface area contributed by atoms with Gasteiger partial charge in [0.25, 0.3) is 5.91 Å². The summed E-state index contributed by atoms with van der Waals surface area (Å²) < 4.78 is 0. The molecule has 2 rings (SSSR count). The second kappa shape index (κ2) is 6.78. The number of hydrogen-bond acceptors (Lipinski definition) is 3. The fraction of sp³-hybridized carbons (Fsp3) is 0.0714. The largest absolute Gasteiger partial charge is 0.384 e. The third kappa shape index (κ3) is 3.53. The smallest absolute Gasteiger partial charge is 0.267 e. The molecule has 1 heterocycles. The summed E-state index contributed by atoms with van der Waals surface area (Å²) in [6.07, 6.45) is 0. The molecular weight excluding hydrogens is 317 g/mol. The lowest BCUT2D eigenvalue weighted by Gasteiger charge is -2.07. The number of nitrogens with one attached hydrogen (secondary N) is 1. The Hall–Kier alpha value is -1.51. The van der Waals surface area contributed by atoms with Gasteiger partial charge in [-0.15, -0.1) is 11.3 Å². The van der Waals surface area contributed by atoms with Crippen LogP contribution in [-0.4, -0.2) is 17.6 Å². The molecule has 2 aromatic rings. The van der Waals surface area contributed by atoms with Crippen molar-refractivity contribution in [3.63, 3.8) is 0 Å². The van der Waals surface area contributed by atoms with Crippen LogP contribution in [0.5, 0.6) is 0 Å². The Bertz CT molecular complexity index is 701. The Morgan fingerprint density at radius 3 is 2.75 bits per heavy atom. The first-order valence-electron chi connectivity index (χ1n) is 5.55. The van der Waals surface area contributed by atoms with E-state index in [4.69, 9.17) is 28.3 Å². The normalized spacial score (nSPS) is 9.75. The van der Waals surface area contributed by atoms with Gasteiger partial charge in [0.1, 0.15) is 11.5 Å². The van der Waals surface area contributed by atoms with E-state index in [0.717, 1.165) is 0 Å². The number of halogens is 2. The van der Waals surface area contributed by atoms with Crippen molar-refractivity contribution in [2.45, 2.75) is 0 Å². The molecule has 0 radical (unpaired) electrons. The molecule has 1 aromatic heterocycles. The number of anilines is 1. The van der Waals surface area contributed by atoms with Crippen molar-refractivity contribution < 1.29 is 9.90 Å². The predicted octanol–water partition coefficient (Wildman–Crippen LogP) is 3.65. The van der Waals surface area contributed by atoms with Gasteiger partial charge < -0.3 is 10.4 Å². The standard InChI is InChI=1S/C14H9Cl2NO2S/c15-10-4-3-9(2-1-6-18)8-12(10)17-14(19)13-11(16)5-7-20-13/h3-5,7-8,18H,6H2,(H,17,19). The summed E-state index contributed by atoms with van der Waals surface area (Å²) in [5.41, 5.74) is 1.10. The molecule has 20 heavy (non-hydrogen) atoms. The second-order valence-corrected chi connectivity index (χ2v) is 5.44. The minimum atomic E-state index is -0.320. The molecule has 0 bridgehead atoms. The lowest BCUT2D eigenvalue weighted by atomic mass is 10.2. The molecule has 0 saturated carbocycles. The molecule has 1 aromatic carbocycles. The number of amides is 1. The summed E-state index contributed by atoms with van der Waals surface area (Å²) >= 11 is 13.2. The van der Waals surface area contributed by atoms with Gasteiger partial charge in [-0.1, -0.05) is 35.0 Å². The van der Waals surface area contributed by atoms with Gasteiger partial charge in [-0.25, -0.2) is 0 Å². The van der Waals surface area contributed by atoms with Crippen molar-refractivity contribution in [1.29, 1.82) is 0 Å². The van der Waals surface area contributed by atoms with Gasteiger partial charge in [0.2, 0.25) is 0 Å². The van der Waals surface area contributed by atoms with Crippen molar-refractivity contribution in [2.75, 3.05) is 11.9 Å². The highest BCUT2D eigenvalue weighted by molar-refractivity contribution is 7.12. The molecule has 6 heteroatoms. The fourth-order valence-corrected chi connectivity index (χ4v) is 2.68. The topological polar surface area (TPSA) is 49.3 Å². The third-order valence-corrected chi connectivity index (χ3v) is 4.02. The summed E-state index contributed by atoms with van der Waals surface area (Å²) in [6, 6.07) is 6.64. The Kier molecular flexibility index (Phi) is 5.05. The van der Waals surface area contributed by atoms with Crippen LogP contribution in [0.2, 0.25) is 10.0 Å². The Morgan fingerprint density at radius 2 is 2.10 bits per heavy atom. The van der Waals surface area contributed by atoms with Crippen LogP contribution in [0, 0.1) is 11.8 Å². The number of carbonyl (C=O) groups excluding carboxylic acids is 1. The van der Waals surface area contributed by atoms with Crippen LogP contribution in [0.3, 0.4) is 0 Å². The molecule has 0 unspecified atom stereocenters. The summed E-state index contributed by atoms with van der Waals surface area (Å²) in [4.78, 5) is 12.5. The highest BCUT2D eigenvalue weighted by Gasteiger charge is 2.13. The van der Waals surface area contributed by atoms with Crippen molar-refractivity contribution in [1.82, 2.24) is 0 Å². The molecule has 102 valence electrons. The zero-order valence-electron chi connectivity index (χ0n) is 10.1. The van der Waals surface area contributed by atoms with E-state index in [1.165, 1.54) is 11.3 Å². The van der Waals surface area contributed by atoms with Gasteiger partial charge in [0.15, 0.2) is 0 Å². The summed E-state index contributed by atoms with van der Waals surface area (Å²) in [5, 5.41) is 13.9. The average Bonchev–Trinajstić information content (AvgIpc) is 2.86. The van der Waals surface area contributed by atoms with Gasteiger partial charge >= 0.3 is 0 Å². The number of carbonyl (C=O) groups is 1. The minimum Gasteiger partial charge on any atom is -0.384 e. The third-order valence-electron chi connectivity index (χ3n) is 2.35. The molecule has 0 fully saturated rings. The van der Waals surface area contributed by atoms with E-state index in [0.29, 0.717) is 26.2 Å². The van der Waals surface area contributed by atoms with E-state index in [1.807, 2.05) is 0 Å². The fourth-order valence-electron chi connectivity index (χ4n) is 1.48. The van der Waals surface area contributed by atoms with E-state index in [2.05, 4.69) is 17.2 Å². The molecule has 0 saturated heterocycles. The molecule has 3 nitrogen and oxygen atoms in total. The van der Waals surface area contributed by atoms with Crippen molar-refractivity contribution in [3.8, 4) is 11.8 Å². The summed E-state index contributed by atoms with van der Waals surface area (Å²) in [6.45, 7) is -0.227. The molecule has 0 aliphatic heterocycles. The SMILES string of the molecule is O=C(Nc1cc(C#CCO)ccc1Cl)c1sccc1Cl. The number of benzene rings is 1. The summed E-state index contributed by atoms with van der Waals surface area (Å²) in [5.74, 6) is 4.96. The van der Waals surface area contributed by atoms with Crippen LogP contribution in [0.25, 0.3) is 0 Å². The highest BCUT2D eigenvalue weighted by Crippen LogP contribution is 2.26. The Morgan fingerprint density at radius 1 is 1.30 bits per heavy atom. The van der Waals surface area contributed by atoms with Crippen molar-refractivity contribution in [2.24, 2.45) is 0 Å². The number of rotatable bonds is 2. The van der Waals surface area contributed by atoms with Gasteiger partial charge in [0.05, 0.1) is 15.7 Å². The maximum Gasteiger partial charge on any atom is 0.267 e. The number of hydrogen-bond donors (Lipinski definition) is 2. The van der Waals surface area contributed by atoms with Gasteiger partial charge in [-0.05, 0) is 29.6 Å². The van der Waals surface area contributed by atoms with E-state index in [1.54, 1.807) is 29.6 Å². The zero-order valence-corrected chi connectivity index (χ0v) is 12.4. The lowest BCUT2D eigenvalue weighted by Crippen LogP contribution is -2.11. The molecular formula is C14H9Cl2NO2S. The number of aliphatic hydroxyl groups is 1. The monoisotopic (exact) mass is 325 g/mol. The Balaban J connectivity index is 2.25. The molecule has 0 aliphatic carbocycles. The van der Waals surface area contributed by atoms with Crippen molar-refractivity contribution >= 4 is 46.1 Å². The quantitative estimate of drug-likeness (QED) is 0.828. The van der Waals surface area contributed by atoms with Crippen LogP contribution >= 0.6 is 34.5 Å². The van der Waals surface area contributed by atoms with E-state index >= 15 is 0 Å². The first kappa shape index (κ1) is 14.9. The first-order valence-corrected chi connectivity index (χ1v) is 7.19. The molecule has 0 spiro atoms. The van der Waals surface area contributed by atoms with Crippen LogP contribution in [0.1, 0.15) is 15.2 Å². The second-order valence-electron chi connectivity index (χ2n) is 3.71. The van der Waals surface area contributed by atoms with Gasteiger partial charge in [0, 0.05) is 5.56 Å². The van der Waals surface area contributed by atoms with Crippen LogP contribution < -0.4 is 5.32 Å². The maximum atomic E-state index is 12.1. The lowest BCUT2D eigenvalue weighted by molar-refractivity contribution is 0.103. The minimum absolute atomic E-state index is 0.227. The van der Waals surface area contributed by atoms with E-state index in [9.17, 15) is 4.79 Å².